The lowest BCUT2D eigenvalue weighted by molar-refractivity contribution is 0.0751. The second kappa shape index (κ2) is 8.27. The predicted octanol–water partition coefficient (Wildman–Crippen LogP) is 3.09. The summed E-state index contributed by atoms with van der Waals surface area (Å²) in [4.78, 5) is 34.6. The molecule has 8 nitrogen and oxygen atoms in total. The first-order valence-corrected chi connectivity index (χ1v) is 10.8. The molecule has 0 unspecified atom stereocenters. The van der Waals surface area contributed by atoms with Crippen molar-refractivity contribution in [2.24, 2.45) is 0 Å². The third-order valence-electron chi connectivity index (χ3n) is 5.27. The van der Waals surface area contributed by atoms with E-state index < -0.39 is 0 Å². The van der Waals surface area contributed by atoms with Crippen LogP contribution in [0.2, 0.25) is 0 Å². The number of anilines is 2. The van der Waals surface area contributed by atoms with E-state index in [1.165, 1.54) is 11.3 Å². The van der Waals surface area contributed by atoms with Gasteiger partial charge >= 0.3 is 0 Å². The first-order chi connectivity index (χ1) is 15.2. The molecule has 2 aromatic heterocycles. The van der Waals surface area contributed by atoms with Gasteiger partial charge < -0.3 is 24.6 Å². The zero-order valence-electron chi connectivity index (χ0n) is 16.6. The predicted molar refractivity (Wildman–Crippen MR) is 117 cm³/mol. The minimum absolute atomic E-state index is 0.0620. The van der Waals surface area contributed by atoms with Gasteiger partial charge in [-0.05, 0) is 41.8 Å². The molecule has 1 saturated heterocycles. The molecule has 2 aliphatic heterocycles. The molecule has 31 heavy (non-hydrogen) atoms. The molecule has 1 aromatic carbocycles. The number of aromatic nitrogens is 1. The summed E-state index contributed by atoms with van der Waals surface area (Å²) >= 11 is 1.45. The molecule has 5 rings (SSSR count). The van der Waals surface area contributed by atoms with Gasteiger partial charge in [-0.25, -0.2) is 4.98 Å². The van der Waals surface area contributed by atoms with Crippen molar-refractivity contribution in [3.8, 4) is 11.5 Å². The molecule has 0 radical (unpaired) electrons. The molecule has 0 spiro atoms. The van der Waals surface area contributed by atoms with E-state index in [4.69, 9.17) is 9.47 Å². The maximum atomic E-state index is 12.8. The maximum Gasteiger partial charge on any atom is 0.264 e. The average molecular weight is 436 g/mol. The van der Waals surface area contributed by atoms with Crippen molar-refractivity contribution < 1.29 is 19.1 Å². The second-order valence-electron chi connectivity index (χ2n) is 7.15. The Morgan fingerprint density at radius 3 is 2.65 bits per heavy atom. The van der Waals surface area contributed by atoms with Crippen LogP contribution < -0.4 is 19.7 Å². The molecule has 2 aliphatic rings. The number of piperazine rings is 1. The van der Waals surface area contributed by atoms with Gasteiger partial charge in [-0.15, -0.1) is 11.3 Å². The minimum atomic E-state index is -0.251. The number of nitrogens with one attached hydrogen (secondary N) is 1. The van der Waals surface area contributed by atoms with Gasteiger partial charge in [0.05, 0.1) is 10.6 Å². The molecule has 0 bridgehead atoms. The Kier molecular flexibility index (Phi) is 5.17. The van der Waals surface area contributed by atoms with Crippen LogP contribution in [-0.2, 0) is 0 Å². The highest BCUT2D eigenvalue weighted by atomic mass is 32.1. The number of fused-ring (bicyclic) bond motifs is 1. The largest absolute Gasteiger partial charge is 0.454 e. The Hall–Kier alpha value is -3.59. The highest BCUT2D eigenvalue weighted by molar-refractivity contribution is 7.12. The summed E-state index contributed by atoms with van der Waals surface area (Å²) < 4.78 is 10.7. The Bertz CT molecular complexity index is 1110. The Morgan fingerprint density at radius 1 is 1.00 bits per heavy atom. The van der Waals surface area contributed by atoms with E-state index >= 15 is 0 Å². The maximum absolute atomic E-state index is 12.8. The average Bonchev–Trinajstić information content (AvgIpc) is 3.51. The van der Waals surface area contributed by atoms with Crippen LogP contribution in [0.1, 0.15) is 20.0 Å². The zero-order valence-corrected chi connectivity index (χ0v) is 17.4. The van der Waals surface area contributed by atoms with Crippen LogP contribution in [0.25, 0.3) is 0 Å². The van der Waals surface area contributed by atoms with Crippen LogP contribution in [0, 0.1) is 0 Å². The van der Waals surface area contributed by atoms with E-state index in [9.17, 15) is 9.59 Å². The van der Waals surface area contributed by atoms with Gasteiger partial charge in [-0.1, -0.05) is 6.07 Å². The standard InChI is InChI=1S/C22H20N4O4S/c27-21(15-5-6-17-18(13-15)30-14-29-17)24-16-3-1-7-23-20(16)25-8-10-26(11-9-25)22(28)19-4-2-12-31-19/h1-7,12-13H,8-11,14H2,(H,24,27). The first-order valence-electron chi connectivity index (χ1n) is 9.93. The normalized spacial score (nSPS) is 15.1. The number of amides is 2. The Balaban J connectivity index is 1.28. The smallest absolute Gasteiger partial charge is 0.264 e. The van der Waals surface area contributed by atoms with Crippen LogP contribution in [0.15, 0.2) is 54.0 Å². The summed E-state index contributed by atoms with van der Waals surface area (Å²) in [6, 6.07) is 12.5. The summed E-state index contributed by atoms with van der Waals surface area (Å²) in [6.45, 7) is 2.64. The number of rotatable bonds is 4. The van der Waals surface area contributed by atoms with Crippen molar-refractivity contribution in [3.05, 3.63) is 64.5 Å². The molecule has 0 atom stereocenters. The molecule has 3 aromatic rings. The van der Waals surface area contributed by atoms with E-state index in [1.807, 2.05) is 28.5 Å². The number of hydrogen-bond donors (Lipinski definition) is 1. The SMILES string of the molecule is O=C(Nc1cccnc1N1CCN(C(=O)c2cccs2)CC1)c1ccc2c(c1)OCO2. The Morgan fingerprint density at radius 2 is 1.84 bits per heavy atom. The van der Waals surface area contributed by atoms with Gasteiger partial charge in [0.15, 0.2) is 17.3 Å². The molecule has 158 valence electrons. The van der Waals surface area contributed by atoms with E-state index in [0.717, 1.165) is 4.88 Å². The third kappa shape index (κ3) is 3.91. The number of benzene rings is 1. The molecule has 4 heterocycles. The van der Waals surface area contributed by atoms with E-state index in [0.29, 0.717) is 54.7 Å². The summed E-state index contributed by atoms with van der Waals surface area (Å²) in [5, 5.41) is 4.86. The van der Waals surface area contributed by atoms with Crippen LogP contribution in [0.3, 0.4) is 0 Å². The van der Waals surface area contributed by atoms with E-state index in [-0.39, 0.29) is 18.6 Å². The Labute approximate surface area is 183 Å². The molecule has 0 saturated carbocycles. The molecule has 2 amide bonds. The number of hydrogen-bond acceptors (Lipinski definition) is 7. The van der Waals surface area contributed by atoms with Crippen LogP contribution in [-0.4, -0.2) is 54.7 Å². The molecular weight excluding hydrogens is 416 g/mol. The number of pyridine rings is 1. The summed E-state index contributed by atoms with van der Waals surface area (Å²) in [5.74, 6) is 1.70. The van der Waals surface area contributed by atoms with Gasteiger partial charge in [0.1, 0.15) is 0 Å². The fourth-order valence-electron chi connectivity index (χ4n) is 3.66. The van der Waals surface area contributed by atoms with E-state index in [2.05, 4.69) is 15.2 Å². The summed E-state index contributed by atoms with van der Waals surface area (Å²) in [5.41, 5.74) is 1.11. The zero-order chi connectivity index (χ0) is 21.2. The summed E-state index contributed by atoms with van der Waals surface area (Å²) in [7, 11) is 0. The number of carbonyl (C=O) groups is 2. The van der Waals surface area contributed by atoms with Gasteiger partial charge in [0, 0.05) is 37.9 Å². The molecule has 0 aliphatic carbocycles. The van der Waals surface area contributed by atoms with Crippen molar-refractivity contribution in [1.29, 1.82) is 0 Å². The fraction of sp³-hybridized carbons (Fsp3) is 0.227. The van der Waals surface area contributed by atoms with E-state index in [1.54, 1.807) is 30.5 Å². The molecule has 9 heteroatoms. The van der Waals surface area contributed by atoms with Gasteiger partial charge in [-0.3, -0.25) is 9.59 Å². The number of carbonyl (C=O) groups excluding carboxylic acids is 2. The number of nitrogens with zero attached hydrogens (tertiary/aromatic N) is 3. The minimum Gasteiger partial charge on any atom is -0.454 e. The molecular formula is C22H20N4O4S. The highest BCUT2D eigenvalue weighted by Gasteiger charge is 2.25. The van der Waals surface area contributed by atoms with Crippen molar-refractivity contribution >= 4 is 34.7 Å². The van der Waals surface area contributed by atoms with Crippen LogP contribution in [0.5, 0.6) is 11.5 Å². The van der Waals surface area contributed by atoms with Crippen molar-refractivity contribution in [3.63, 3.8) is 0 Å². The van der Waals surface area contributed by atoms with Crippen molar-refractivity contribution in [2.75, 3.05) is 43.2 Å². The van der Waals surface area contributed by atoms with Crippen molar-refractivity contribution in [1.82, 2.24) is 9.88 Å². The lowest BCUT2D eigenvalue weighted by atomic mass is 10.2. The van der Waals surface area contributed by atoms with Gasteiger partial charge in [0.25, 0.3) is 11.8 Å². The van der Waals surface area contributed by atoms with Crippen molar-refractivity contribution in [2.45, 2.75) is 0 Å². The lowest BCUT2D eigenvalue weighted by Gasteiger charge is -2.36. The fourth-order valence-corrected chi connectivity index (χ4v) is 4.35. The highest BCUT2D eigenvalue weighted by Crippen LogP contribution is 2.33. The van der Waals surface area contributed by atoms with Crippen LogP contribution in [0.4, 0.5) is 11.5 Å². The third-order valence-corrected chi connectivity index (χ3v) is 6.13. The summed E-state index contributed by atoms with van der Waals surface area (Å²) in [6.07, 6.45) is 1.70. The number of thiophene rings is 1. The van der Waals surface area contributed by atoms with Gasteiger partial charge in [-0.2, -0.15) is 0 Å². The topological polar surface area (TPSA) is 84.0 Å². The monoisotopic (exact) mass is 436 g/mol. The molecule has 1 fully saturated rings. The second-order valence-corrected chi connectivity index (χ2v) is 8.10. The first kappa shape index (κ1) is 19.4. The lowest BCUT2D eigenvalue weighted by Crippen LogP contribution is -2.49. The number of ether oxygens (including phenoxy) is 2. The van der Waals surface area contributed by atoms with Gasteiger partial charge in [0.2, 0.25) is 6.79 Å². The van der Waals surface area contributed by atoms with Crippen LogP contribution >= 0.6 is 11.3 Å². The quantitative estimate of drug-likeness (QED) is 0.677. The molecule has 1 N–H and O–H groups in total.